The summed E-state index contributed by atoms with van der Waals surface area (Å²) in [5.41, 5.74) is 10.0. The summed E-state index contributed by atoms with van der Waals surface area (Å²) in [5.74, 6) is 0.550. The molecule has 1 unspecified atom stereocenters. The van der Waals surface area contributed by atoms with Gasteiger partial charge in [0, 0.05) is 10.5 Å². The van der Waals surface area contributed by atoms with Crippen LogP contribution in [-0.4, -0.2) is 41.8 Å². The van der Waals surface area contributed by atoms with Crippen LogP contribution in [0.25, 0.3) is 0 Å². The van der Waals surface area contributed by atoms with Crippen LogP contribution in [0.2, 0.25) is 0 Å². The highest BCUT2D eigenvalue weighted by molar-refractivity contribution is 8.00. The number of carbonyl (C=O) groups excluding carboxylic acids is 1. The van der Waals surface area contributed by atoms with Gasteiger partial charge < -0.3 is 15.4 Å². The number of aryl methyl sites for hydroxylation is 1. The lowest BCUT2D eigenvalue weighted by Gasteiger charge is -2.43. The Hall–Kier alpha value is -1.82. The number of nitrogens with two attached hydrogens (primary N) is 1. The zero-order valence-corrected chi connectivity index (χ0v) is 17.6. The molecule has 2 N–H and O–H groups in total. The largest absolute Gasteiger partial charge is 0.460 e. The Kier molecular flexibility index (Phi) is 7.16. The average molecular weight is 399 g/mol. The van der Waals surface area contributed by atoms with Crippen LogP contribution >= 0.6 is 11.8 Å². The lowest BCUT2D eigenvalue weighted by molar-refractivity contribution is -0.147. The number of hydrogen-bond acceptors (Lipinski definition) is 5. The number of likely N-dealkylation sites (tertiary alicyclic amines) is 1. The van der Waals surface area contributed by atoms with Crippen molar-refractivity contribution in [2.45, 2.75) is 42.9 Å². The van der Waals surface area contributed by atoms with E-state index in [-0.39, 0.29) is 17.3 Å². The van der Waals surface area contributed by atoms with Crippen LogP contribution in [0, 0.1) is 6.92 Å². The fraction of sp³-hybridized carbons (Fsp3) is 0.435. The van der Waals surface area contributed by atoms with E-state index in [1.807, 2.05) is 42.1 Å². The summed E-state index contributed by atoms with van der Waals surface area (Å²) < 4.78 is 5.29. The first-order chi connectivity index (χ1) is 13.5. The maximum absolute atomic E-state index is 12.8. The third kappa shape index (κ3) is 5.37. The van der Waals surface area contributed by atoms with Crippen LogP contribution < -0.4 is 5.73 Å². The predicted molar refractivity (Wildman–Crippen MR) is 116 cm³/mol. The van der Waals surface area contributed by atoms with Crippen LogP contribution in [-0.2, 0) is 21.9 Å². The van der Waals surface area contributed by atoms with Gasteiger partial charge >= 0.3 is 5.97 Å². The van der Waals surface area contributed by atoms with Gasteiger partial charge in [0.05, 0.1) is 0 Å². The first-order valence-corrected chi connectivity index (χ1v) is 10.8. The quantitative estimate of drug-likeness (QED) is 0.720. The van der Waals surface area contributed by atoms with Gasteiger partial charge in [-0.2, -0.15) is 0 Å². The van der Waals surface area contributed by atoms with Gasteiger partial charge in [0.1, 0.15) is 12.6 Å². The molecule has 0 aromatic heterocycles. The van der Waals surface area contributed by atoms with Crippen LogP contribution in [0.1, 0.15) is 29.5 Å². The number of hydrogen-bond donors (Lipinski definition) is 1. The molecule has 4 nitrogen and oxygen atoms in total. The van der Waals surface area contributed by atoms with Gasteiger partial charge in [-0.05, 0) is 51.0 Å². The van der Waals surface area contributed by atoms with E-state index in [0.29, 0.717) is 0 Å². The SMILES string of the molecule is Cc1ccc(CSC2(C(N)C(=O)OCc3ccccc3)CCN(C)CC2)cc1. The van der Waals surface area contributed by atoms with Crippen molar-refractivity contribution in [1.82, 2.24) is 4.90 Å². The van der Waals surface area contributed by atoms with E-state index in [0.717, 1.165) is 37.2 Å². The van der Waals surface area contributed by atoms with Crippen LogP contribution in [0.5, 0.6) is 0 Å². The molecule has 2 aromatic rings. The van der Waals surface area contributed by atoms with E-state index < -0.39 is 6.04 Å². The standard InChI is InChI=1S/C23H30N2O2S/c1-18-8-10-20(11-9-18)17-28-23(12-14-25(2)15-13-23)21(24)22(26)27-16-19-6-4-3-5-7-19/h3-11,21H,12-17,24H2,1-2H3. The Bertz CT molecular complexity index is 756. The van der Waals surface area contributed by atoms with Crippen molar-refractivity contribution in [1.29, 1.82) is 0 Å². The number of ether oxygens (including phenoxy) is 1. The maximum Gasteiger partial charge on any atom is 0.324 e. The highest BCUT2D eigenvalue weighted by atomic mass is 32.2. The van der Waals surface area contributed by atoms with E-state index in [4.69, 9.17) is 10.5 Å². The highest BCUT2D eigenvalue weighted by Gasteiger charge is 2.44. The summed E-state index contributed by atoms with van der Waals surface area (Å²) in [7, 11) is 2.12. The molecule has 0 amide bonds. The molecule has 0 aliphatic carbocycles. The minimum atomic E-state index is -0.625. The molecule has 0 bridgehead atoms. The average Bonchev–Trinajstić information content (AvgIpc) is 2.73. The van der Waals surface area contributed by atoms with Crippen molar-refractivity contribution in [3.05, 3.63) is 71.3 Å². The third-order valence-electron chi connectivity index (χ3n) is 5.52. The van der Waals surface area contributed by atoms with Gasteiger partial charge in [0.2, 0.25) is 0 Å². The molecular formula is C23H30N2O2S. The zero-order chi connectivity index (χ0) is 20.0. The number of esters is 1. The molecular weight excluding hydrogens is 368 g/mol. The monoisotopic (exact) mass is 398 g/mol. The van der Waals surface area contributed by atoms with Crippen LogP contribution in [0.4, 0.5) is 0 Å². The molecule has 3 rings (SSSR count). The van der Waals surface area contributed by atoms with E-state index in [9.17, 15) is 4.79 Å². The second-order valence-electron chi connectivity index (χ2n) is 7.71. The summed E-state index contributed by atoms with van der Waals surface area (Å²) in [6, 6.07) is 17.7. The third-order valence-corrected chi connectivity index (χ3v) is 7.24. The second kappa shape index (κ2) is 9.59. The fourth-order valence-corrected chi connectivity index (χ4v) is 4.88. The van der Waals surface area contributed by atoms with E-state index in [2.05, 4.69) is 43.1 Å². The Morgan fingerprint density at radius 1 is 1.11 bits per heavy atom. The zero-order valence-electron chi connectivity index (χ0n) is 16.8. The summed E-state index contributed by atoms with van der Waals surface area (Å²) in [6.45, 7) is 4.25. The molecule has 5 heteroatoms. The van der Waals surface area contributed by atoms with E-state index >= 15 is 0 Å². The molecule has 150 valence electrons. The Morgan fingerprint density at radius 2 is 1.75 bits per heavy atom. The Morgan fingerprint density at radius 3 is 2.39 bits per heavy atom. The molecule has 0 saturated carbocycles. The summed E-state index contributed by atoms with van der Waals surface area (Å²) in [4.78, 5) is 15.1. The van der Waals surface area contributed by atoms with Crippen molar-refractivity contribution in [3.8, 4) is 0 Å². The lowest BCUT2D eigenvalue weighted by atomic mass is 9.88. The summed E-state index contributed by atoms with van der Waals surface area (Å²) in [5, 5.41) is 0. The maximum atomic E-state index is 12.8. The number of rotatable bonds is 7. The molecule has 28 heavy (non-hydrogen) atoms. The molecule has 0 spiro atoms. The van der Waals surface area contributed by atoms with Crippen molar-refractivity contribution in [3.63, 3.8) is 0 Å². The minimum Gasteiger partial charge on any atom is -0.460 e. The predicted octanol–water partition coefficient (Wildman–Crippen LogP) is 3.76. The molecule has 1 aliphatic rings. The van der Waals surface area contributed by atoms with Gasteiger partial charge in [-0.25, -0.2) is 0 Å². The molecule has 0 radical (unpaired) electrons. The van der Waals surface area contributed by atoms with Gasteiger partial charge in [0.15, 0.2) is 0 Å². The normalized spacial score (nSPS) is 17.8. The Balaban J connectivity index is 1.66. The lowest BCUT2D eigenvalue weighted by Crippen LogP contribution is -2.56. The molecule has 1 atom stereocenters. The molecule has 1 heterocycles. The van der Waals surface area contributed by atoms with Crippen molar-refractivity contribution in [2.75, 3.05) is 20.1 Å². The number of thioether (sulfide) groups is 1. The van der Waals surface area contributed by atoms with E-state index in [1.54, 1.807) is 0 Å². The minimum absolute atomic E-state index is 0.270. The van der Waals surface area contributed by atoms with Gasteiger partial charge in [-0.3, -0.25) is 4.79 Å². The van der Waals surface area contributed by atoms with Crippen molar-refractivity contribution >= 4 is 17.7 Å². The summed E-state index contributed by atoms with van der Waals surface area (Å²) >= 11 is 1.81. The molecule has 1 saturated heterocycles. The van der Waals surface area contributed by atoms with Gasteiger partial charge in [-0.15, -0.1) is 11.8 Å². The summed E-state index contributed by atoms with van der Waals surface area (Å²) in [6.07, 6.45) is 1.78. The van der Waals surface area contributed by atoms with E-state index in [1.165, 1.54) is 11.1 Å². The second-order valence-corrected chi connectivity index (χ2v) is 9.10. The first kappa shape index (κ1) is 20.9. The topological polar surface area (TPSA) is 55.6 Å². The van der Waals surface area contributed by atoms with Crippen molar-refractivity contribution < 1.29 is 9.53 Å². The number of nitrogens with zero attached hydrogens (tertiary/aromatic N) is 1. The first-order valence-electron chi connectivity index (χ1n) is 9.83. The molecule has 1 fully saturated rings. The van der Waals surface area contributed by atoms with Crippen LogP contribution in [0.3, 0.4) is 0 Å². The van der Waals surface area contributed by atoms with Gasteiger partial charge in [0.25, 0.3) is 0 Å². The molecule has 1 aliphatic heterocycles. The van der Waals surface area contributed by atoms with Crippen molar-refractivity contribution in [2.24, 2.45) is 5.73 Å². The number of piperidine rings is 1. The fourth-order valence-electron chi connectivity index (χ4n) is 3.49. The smallest absolute Gasteiger partial charge is 0.324 e. The van der Waals surface area contributed by atoms with Gasteiger partial charge in [-0.1, -0.05) is 60.2 Å². The number of benzene rings is 2. The highest BCUT2D eigenvalue weighted by Crippen LogP contribution is 2.40. The molecule has 2 aromatic carbocycles. The Labute approximate surface area is 172 Å². The number of carbonyl (C=O) groups is 1. The van der Waals surface area contributed by atoms with Crippen LogP contribution in [0.15, 0.2) is 54.6 Å².